The third kappa shape index (κ3) is 4.68. The highest BCUT2D eigenvalue weighted by Gasteiger charge is 2.34. The van der Waals surface area contributed by atoms with Gasteiger partial charge in [-0.05, 0) is 87.8 Å². The van der Waals surface area contributed by atoms with Gasteiger partial charge in [0.25, 0.3) is 0 Å². The molecule has 172 valence electrons. The number of aliphatic hydroxyl groups excluding tert-OH is 1. The van der Waals surface area contributed by atoms with Crippen LogP contribution in [0.25, 0.3) is 21.8 Å². The Bertz CT molecular complexity index is 989. The fourth-order valence-corrected chi connectivity index (χ4v) is 6.75. The molecule has 0 unspecified atom stereocenters. The highest BCUT2D eigenvalue weighted by Crippen LogP contribution is 2.33. The number of nitrogens with zero attached hydrogens (tertiary/aromatic N) is 1. The lowest BCUT2D eigenvalue weighted by Crippen LogP contribution is -3.20. The number of aromatic nitrogens is 1. The van der Waals surface area contributed by atoms with Crippen molar-refractivity contribution in [1.82, 2.24) is 4.57 Å². The first-order valence-electron chi connectivity index (χ1n) is 12.5. The van der Waals surface area contributed by atoms with E-state index in [9.17, 15) is 5.11 Å². The molecule has 2 fully saturated rings. The second kappa shape index (κ2) is 9.93. The molecule has 0 aliphatic heterocycles. The number of hydrogen-bond donors (Lipinski definition) is 2. The first-order valence-corrected chi connectivity index (χ1v) is 13.3. The first-order chi connectivity index (χ1) is 15.6. The van der Waals surface area contributed by atoms with E-state index in [0.29, 0.717) is 6.54 Å². The van der Waals surface area contributed by atoms with Gasteiger partial charge >= 0.3 is 0 Å². The van der Waals surface area contributed by atoms with Gasteiger partial charge in [0.05, 0.1) is 18.6 Å². The Morgan fingerprint density at radius 2 is 1.25 bits per heavy atom. The highest BCUT2D eigenvalue weighted by molar-refractivity contribution is 6.33. The molecule has 0 saturated heterocycles. The van der Waals surface area contributed by atoms with Crippen molar-refractivity contribution in [2.45, 2.75) is 88.9 Å². The fourth-order valence-electron chi connectivity index (χ4n) is 6.41. The average molecular weight is 474 g/mol. The van der Waals surface area contributed by atoms with Gasteiger partial charge in [0.2, 0.25) is 0 Å². The number of aliphatic hydroxyl groups is 1. The fraction of sp³-hybridized carbons (Fsp3) is 0.556. The van der Waals surface area contributed by atoms with E-state index in [1.54, 1.807) is 4.90 Å². The molecular weight excluding hydrogens is 439 g/mol. The van der Waals surface area contributed by atoms with Crippen molar-refractivity contribution in [2.24, 2.45) is 0 Å². The van der Waals surface area contributed by atoms with Crippen molar-refractivity contribution in [3.05, 3.63) is 46.4 Å². The second-order valence-corrected chi connectivity index (χ2v) is 10.9. The summed E-state index contributed by atoms with van der Waals surface area (Å²) >= 11 is 12.6. The Morgan fingerprint density at radius 3 is 1.72 bits per heavy atom. The molecule has 5 heteroatoms. The summed E-state index contributed by atoms with van der Waals surface area (Å²) in [4.78, 5) is 1.68. The van der Waals surface area contributed by atoms with E-state index < -0.39 is 0 Å². The van der Waals surface area contributed by atoms with Gasteiger partial charge in [-0.2, -0.15) is 0 Å². The molecule has 0 amide bonds. The Hall–Kier alpha value is -1.26. The zero-order valence-electron chi connectivity index (χ0n) is 18.8. The van der Waals surface area contributed by atoms with E-state index >= 15 is 0 Å². The van der Waals surface area contributed by atoms with Gasteiger partial charge in [0, 0.05) is 31.9 Å². The third-order valence-electron chi connectivity index (χ3n) is 7.91. The van der Waals surface area contributed by atoms with Crippen LogP contribution in [-0.4, -0.2) is 34.4 Å². The number of quaternary nitrogens is 1. The normalized spacial score (nSPS) is 19.9. The molecule has 2 aliphatic carbocycles. The molecule has 1 atom stereocenters. The molecule has 2 N–H and O–H groups in total. The standard InChI is InChI=1S/C27H34Cl2N2O/c28-19-11-13-26-24(15-19)25-16-20(29)12-14-27(25)31(26)18-23(32)17-30(21-7-3-1-4-8-21)22-9-5-2-6-10-22/h11-16,21-23,32H,1-10,17-18H2/p+1/t23-/m0/s1. The summed E-state index contributed by atoms with van der Waals surface area (Å²) in [7, 11) is 0. The Morgan fingerprint density at radius 1 is 0.781 bits per heavy atom. The van der Waals surface area contributed by atoms with Crippen LogP contribution < -0.4 is 4.90 Å². The second-order valence-electron chi connectivity index (χ2n) is 10.0. The molecule has 0 radical (unpaired) electrons. The minimum atomic E-state index is -0.376. The largest absolute Gasteiger partial charge is 0.385 e. The van der Waals surface area contributed by atoms with Crippen molar-refractivity contribution < 1.29 is 10.0 Å². The lowest BCUT2D eigenvalue weighted by Gasteiger charge is -2.39. The average Bonchev–Trinajstić information content (AvgIpc) is 3.10. The van der Waals surface area contributed by atoms with Crippen LogP contribution >= 0.6 is 23.2 Å². The van der Waals surface area contributed by atoms with E-state index in [1.165, 1.54) is 64.2 Å². The van der Waals surface area contributed by atoms with Crippen molar-refractivity contribution >= 4 is 45.0 Å². The molecule has 3 nitrogen and oxygen atoms in total. The molecule has 1 aromatic heterocycles. The minimum Gasteiger partial charge on any atom is -0.385 e. The zero-order valence-corrected chi connectivity index (χ0v) is 20.3. The maximum atomic E-state index is 11.4. The maximum Gasteiger partial charge on any atom is 0.121 e. The molecule has 3 aromatic rings. The predicted molar refractivity (Wildman–Crippen MR) is 135 cm³/mol. The Balaban J connectivity index is 1.43. The molecule has 32 heavy (non-hydrogen) atoms. The highest BCUT2D eigenvalue weighted by atomic mass is 35.5. The van der Waals surface area contributed by atoms with E-state index in [0.717, 1.165) is 50.5 Å². The van der Waals surface area contributed by atoms with Gasteiger partial charge < -0.3 is 14.6 Å². The Labute approximate surface area is 201 Å². The molecule has 2 aromatic carbocycles. The Kier molecular flexibility index (Phi) is 6.99. The van der Waals surface area contributed by atoms with E-state index in [2.05, 4.69) is 16.7 Å². The van der Waals surface area contributed by atoms with Gasteiger partial charge in [0.1, 0.15) is 12.6 Å². The molecule has 2 aliphatic rings. The van der Waals surface area contributed by atoms with E-state index in [1.807, 2.05) is 24.3 Å². The first kappa shape index (κ1) is 22.5. The van der Waals surface area contributed by atoms with Crippen LogP contribution in [0.5, 0.6) is 0 Å². The molecule has 1 heterocycles. The van der Waals surface area contributed by atoms with Crippen LogP contribution in [0.4, 0.5) is 0 Å². The van der Waals surface area contributed by atoms with Crippen molar-refractivity contribution in [3.8, 4) is 0 Å². The van der Waals surface area contributed by atoms with Gasteiger partial charge in [-0.1, -0.05) is 36.0 Å². The number of fused-ring (bicyclic) bond motifs is 3. The van der Waals surface area contributed by atoms with E-state index in [4.69, 9.17) is 23.2 Å². The van der Waals surface area contributed by atoms with Crippen LogP contribution in [0, 0.1) is 0 Å². The minimum absolute atomic E-state index is 0.376. The molecule has 2 saturated carbocycles. The van der Waals surface area contributed by atoms with Gasteiger partial charge in [0.15, 0.2) is 0 Å². The lowest BCUT2D eigenvalue weighted by atomic mass is 9.88. The number of nitrogens with one attached hydrogen (secondary N) is 1. The van der Waals surface area contributed by atoms with Gasteiger partial charge in [-0.3, -0.25) is 0 Å². The van der Waals surface area contributed by atoms with E-state index in [-0.39, 0.29) is 6.10 Å². The summed E-state index contributed by atoms with van der Waals surface area (Å²) in [6.07, 6.45) is 13.1. The van der Waals surface area contributed by atoms with Crippen LogP contribution in [0.15, 0.2) is 36.4 Å². The lowest BCUT2D eigenvalue weighted by molar-refractivity contribution is -0.955. The molecule has 5 rings (SSSR count). The maximum absolute atomic E-state index is 11.4. The molecule has 0 bridgehead atoms. The molecule has 0 spiro atoms. The summed E-state index contributed by atoms with van der Waals surface area (Å²) in [6.45, 7) is 1.45. The summed E-state index contributed by atoms with van der Waals surface area (Å²) in [6, 6.07) is 13.5. The number of halogens is 2. The summed E-state index contributed by atoms with van der Waals surface area (Å²) in [5, 5.41) is 15.0. The van der Waals surface area contributed by atoms with Crippen LogP contribution in [0.3, 0.4) is 0 Å². The summed E-state index contributed by atoms with van der Waals surface area (Å²) in [5.74, 6) is 0. The topological polar surface area (TPSA) is 29.6 Å². The van der Waals surface area contributed by atoms with Gasteiger partial charge in [-0.25, -0.2) is 0 Å². The van der Waals surface area contributed by atoms with Crippen LogP contribution in [0.2, 0.25) is 10.0 Å². The van der Waals surface area contributed by atoms with Gasteiger partial charge in [-0.15, -0.1) is 0 Å². The van der Waals surface area contributed by atoms with Crippen molar-refractivity contribution in [2.75, 3.05) is 6.54 Å². The molecular formula is C27H35Cl2N2O+. The monoisotopic (exact) mass is 473 g/mol. The predicted octanol–water partition coefficient (Wildman–Crippen LogP) is 6.01. The zero-order chi connectivity index (χ0) is 22.1. The SMILES string of the molecule is O[C@H](Cn1c2ccc(Cl)cc2c2cc(Cl)ccc21)C[NH+](C1CCCCC1)C1CCCCC1. The smallest absolute Gasteiger partial charge is 0.121 e. The van der Waals surface area contributed by atoms with Crippen LogP contribution in [0.1, 0.15) is 64.2 Å². The van der Waals surface area contributed by atoms with Crippen LogP contribution in [-0.2, 0) is 6.54 Å². The van der Waals surface area contributed by atoms with Crippen molar-refractivity contribution in [1.29, 1.82) is 0 Å². The number of benzene rings is 2. The number of hydrogen-bond acceptors (Lipinski definition) is 1. The summed E-state index contributed by atoms with van der Waals surface area (Å²) in [5.41, 5.74) is 2.23. The third-order valence-corrected chi connectivity index (χ3v) is 8.38. The van der Waals surface area contributed by atoms with Crippen molar-refractivity contribution in [3.63, 3.8) is 0 Å². The summed E-state index contributed by atoms with van der Waals surface area (Å²) < 4.78 is 2.27. The number of rotatable bonds is 6. The quantitative estimate of drug-likeness (QED) is 0.450.